The average Bonchev–Trinajstić information content (AvgIpc) is 3.12. The average molecular weight is 408 g/mol. The second kappa shape index (κ2) is 10.8. The first-order chi connectivity index (χ1) is 14.7. The second-order valence-corrected chi connectivity index (χ2v) is 7.56. The van der Waals surface area contributed by atoms with Crippen LogP contribution in [0.1, 0.15) is 55.6 Å². The van der Waals surface area contributed by atoms with Crippen LogP contribution >= 0.6 is 0 Å². The van der Waals surface area contributed by atoms with Crippen molar-refractivity contribution in [2.75, 3.05) is 7.11 Å². The number of unbranched alkanes of at least 4 members (excludes halogenated alkanes) is 4. The Morgan fingerprint density at radius 3 is 2.10 bits per heavy atom. The molecule has 2 atom stereocenters. The number of methoxy groups -OCH3 is 1. The van der Waals surface area contributed by atoms with Crippen molar-refractivity contribution in [1.29, 1.82) is 0 Å². The molecule has 2 aromatic rings. The normalized spacial score (nSPS) is 14.4. The van der Waals surface area contributed by atoms with Crippen molar-refractivity contribution in [3.05, 3.63) is 59.7 Å². The number of carbonyl (C=O) groups excluding carboxylic acids is 3. The minimum Gasteiger partial charge on any atom is -0.467 e. The van der Waals surface area contributed by atoms with E-state index in [0.29, 0.717) is 12.8 Å². The van der Waals surface area contributed by atoms with Crippen LogP contribution in [0.15, 0.2) is 48.5 Å². The predicted octanol–water partition coefficient (Wildman–Crippen LogP) is 4.46. The molecular weight excluding hydrogens is 380 g/mol. The first-order valence-corrected chi connectivity index (χ1v) is 10.5. The fraction of sp³-hybridized carbons (Fsp3) is 0.400. The van der Waals surface area contributed by atoms with Crippen molar-refractivity contribution in [3.63, 3.8) is 0 Å². The van der Waals surface area contributed by atoms with E-state index in [0.717, 1.165) is 60.5 Å². The molecule has 2 aromatic carbocycles. The van der Waals surface area contributed by atoms with E-state index in [4.69, 9.17) is 9.47 Å². The van der Waals surface area contributed by atoms with E-state index in [1.54, 1.807) is 0 Å². The van der Waals surface area contributed by atoms with Gasteiger partial charge in [-0.05, 0) is 35.1 Å². The van der Waals surface area contributed by atoms with Crippen molar-refractivity contribution in [2.45, 2.75) is 56.7 Å². The fourth-order valence-corrected chi connectivity index (χ4v) is 4.19. The van der Waals surface area contributed by atoms with Gasteiger partial charge in [0.1, 0.15) is 18.7 Å². The Kier molecular flexibility index (Phi) is 7.91. The summed E-state index contributed by atoms with van der Waals surface area (Å²) in [5.41, 5.74) is 4.17. The summed E-state index contributed by atoms with van der Waals surface area (Å²) in [6.45, 7) is 0. The van der Waals surface area contributed by atoms with Crippen molar-refractivity contribution in [1.82, 2.24) is 0 Å². The number of benzene rings is 2. The third-order valence-electron chi connectivity index (χ3n) is 5.65. The molecule has 0 saturated carbocycles. The lowest BCUT2D eigenvalue weighted by Crippen LogP contribution is -2.36. The minimum absolute atomic E-state index is 0.320. The van der Waals surface area contributed by atoms with Gasteiger partial charge in [0.25, 0.3) is 0 Å². The number of fused-ring (bicyclic) bond motifs is 3. The van der Waals surface area contributed by atoms with Gasteiger partial charge in [0.2, 0.25) is 0 Å². The van der Waals surface area contributed by atoms with Gasteiger partial charge in [-0.2, -0.15) is 0 Å². The molecule has 0 fully saturated rings. The third kappa shape index (κ3) is 4.85. The molecule has 0 aromatic heterocycles. The van der Waals surface area contributed by atoms with Crippen molar-refractivity contribution >= 4 is 18.5 Å². The van der Waals surface area contributed by atoms with Crippen LogP contribution < -0.4 is 0 Å². The summed E-state index contributed by atoms with van der Waals surface area (Å²) in [4.78, 5) is 34.8. The zero-order valence-electron chi connectivity index (χ0n) is 17.3. The first-order valence-electron chi connectivity index (χ1n) is 10.5. The van der Waals surface area contributed by atoms with Gasteiger partial charge < -0.3 is 19.1 Å². The van der Waals surface area contributed by atoms with Gasteiger partial charge >= 0.3 is 5.97 Å². The van der Waals surface area contributed by atoms with Gasteiger partial charge in [0.05, 0.1) is 7.11 Å². The highest BCUT2D eigenvalue weighted by molar-refractivity contribution is 5.85. The van der Waals surface area contributed by atoms with E-state index < -0.39 is 18.2 Å². The Morgan fingerprint density at radius 2 is 1.53 bits per heavy atom. The minimum atomic E-state index is -0.898. The molecule has 0 spiro atoms. The standard InChI is InChI=1S/C25H28O5/c1-29-25(28)24(30-18(17-27)11-5-3-2-4-10-16-26)23-21-14-8-6-12-19(21)20-13-7-9-15-22(20)23/h6-9,12-18,23-24H,2-5,10-11H2,1H3. The zero-order valence-corrected chi connectivity index (χ0v) is 17.3. The summed E-state index contributed by atoms with van der Waals surface area (Å²) in [5.74, 6) is -0.802. The predicted molar refractivity (Wildman–Crippen MR) is 114 cm³/mol. The summed E-state index contributed by atoms with van der Waals surface area (Å²) in [7, 11) is 1.34. The van der Waals surface area contributed by atoms with E-state index in [2.05, 4.69) is 0 Å². The van der Waals surface area contributed by atoms with Gasteiger partial charge in [-0.1, -0.05) is 67.8 Å². The van der Waals surface area contributed by atoms with Gasteiger partial charge in [-0.3, -0.25) is 0 Å². The molecular formula is C25H28O5. The number of carbonyl (C=O) groups is 3. The molecule has 0 amide bonds. The number of ether oxygens (including phenoxy) is 2. The fourth-order valence-electron chi connectivity index (χ4n) is 4.19. The topological polar surface area (TPSA) is 69.7 Å². The van der Waals surface area contributed by atoms with Crippen molar-refractivity contribution < 1.29 is 23.9 Å². The Hall–Kier alpha value is -2.79. The Balaban J connectivity index is 1.78. The highest BCUT2D eigenvalue weighted by atomic mass is 16.6. The SMILES string of the molecule is COC(=O)C(OC(C=O)CCCCCCC=O)C1c2ccccc2-c2ccccc21. The molecule has 0 aliphatic heterocycles. The number of aldehydes is 2. The Bertz CT molecular complexity index is 830. The van der Waals surface area contributed by atoms with Crippen LogP contribution in [0.4, 0.5) is 0 Å². The van der Waals surface area contributed by atoms with Crippen LogP contribution in [0.5, 0.6) is 0 Å². The van der Waals surface area contributed by atoms with Crippen molar-refractivity contribution in [3.8, 4) is 11.1 Å². The maximum Gasteiger partial charge on any atom is 0.336 e. The molecule has 1 aliphatic carbocycles. The van der Waals surface area contributed by atoms with Gasteiger partial charge in [0.15, 0.2) is 6.10 Å². The molecule has 0 heterocycles. The first kappa shape index (κ1) is 21.9. The molecule has 0 bridgehead atoms. The number of hydrogen-bond donors (Lipinski definition) is 0. The lowest BCUT2D eigenvalue weighted by Gasteiger charge is -2.26. The lowest BCUT2D eigenvalue weighted by atomic mass is 9.91. The summed E-state index contributed by atoms with van der Waals surface area (Å²) in [6, 6.07) is 15.9. The lowest BCUT2D eigenvalue weighted by molar-refractivity contribution is -0.160. The van der Waals surface area contributed by atoms with Crippen LogP contribution in [0.25, 0.3) is 11.1 Å². The van der Waals surface area contributed by atoms with E-state index in [1.165, 1.54) is 7.11 Å². The Labute approximate surface area is 177 Å². The van der Waals surface area contributed by atoms with Gasteiger partial charge in [-0.25, -0.2) is 4.79 Å². The second-order valence-electron chi connectivity index (χ2n) is 7.56. The summed E-state index contributed by atoms with van der Waals surface area (Å²) >= 11 is 0. The molecule has 2 unspecified atom stereocenters. The van der Waals surface area contributed by atoms with E-state index >= 15 is 0 Å². The highest BCUT2D eigenvalue weighted by Crippen LogP contribution is 2.47. The third-order valence-corrected chi connectivity index (χ3v) is 5.65. The number of esters is 1. The molecule has 0 N–H and O–H groups in total. The molecule has 5 heteroatoms. The largest absolute Gasteiger partial charge is 0.467 e. The Morgan fingerprint density at radius 1 is 0.933 bits per heavy atom. The quantitative estimate of drug-likeness (QED) is 0.295. The molecule has 30 heavy (non-hydrogen) atoms. The van der Waals surface area contributed by atoms with Crippen LogP contribution in [0.3, 0.4) is 0 Å². The highest BCUT2D eigenvalue weighted by Gasteiger charge is 2.40. The van der Waals surface area contributed by atoms with Crippen LogP contribution in [0, 0.1) is 0 Å². The van der Waals surface area contributed by atoms with Crippen LogP contribution in [0.2, 0.25) is 0 Å². The monoisotopic (exact) mass is 408 g/mol. The van der Waals surface area contributed by atoms with E-state index in [9.17, 15) is 14.4 Å². The number of rotatable bonds is 12. The molecule has 3 rings (SSSR count). The smallest absolute Gasteiger partial charge is 0.336 e. The number of hydrogen-bond acceptors (Lipinski definition) is 5. The molecule has 0 radical (unpaired) electrons. The maximum atomic E-state index is 12.7. The van der Waals surface area contributed by atoms with Crippen LogP contribution in [-0.2, 0) is 23.9 Å². The molecule has 158 valence electrons. The summed E-state index contributed by atoms with van der Waals surface area (Å²) in [5, 5.41) is 0. The summed E-state index contributed by atoms with van der Waals surface area (Å²) < 4.78 is 11.1. The van der Waals surface area contributed by atoms with E-state index in [1.807, 2.05) is 48.5 Å². The van der Waals surface area contributed by atoms with E-state index in [-0.39, 0.29) is 5.92 Å². The molecule has 1 aliphatic rings. The van der Waals surface area contributed by atoms with Crippen LogP contribution in [-0.4, -0.2) is 37.9 Å². The summed E-state index contributed by atoms with van der Waals surface area (Å²) in [6.07, 6.45) is 4.74. The van der Waals surface area contributed by atoms with Gasteiger partial charge in [0, 0.05) is 12.3 Å². The maximum absolute atomic E-state index is 12.7. The van der Waals surface area contributed by atoms with Gasteiger partial charge in [-0.15, -0.1) is 0 Å². The molecule has 0 saturated heterocycles. The molecule has 5 nitrogen and oxygen atoms in total. The zero-order chi connectivity index (χ0) is 21.3. The van der Waals surface area contributed by atoms with Crippen molar-refractivity contribution in [2.24, 2.45) is 0 Å².